The molecule has 0 saturated carbocycles. The molecule has 0 aliphatic rings. The Morgan fingerprint density at radius 3 is 2.71 bits per heavy atom. The van der Waals surface area contributed by atoms with Gasteiger partial charge < -0.3 is 10.2 Å². The van der Waals surface area contributed by atoms with Crippen LogP contribution >= 0.6 is 11.8 Å². The number of nitrogens with zero attached hydrogens (tertiary/aromatic N) is 4. The number of halogens is 1. The predicted molar refractivity (Wildman–Crippen MR) is 83.5 cm³/mol. The van der Waals surface area contributed by atoms with E-state index in [4.69, 9.17) is 0 Å². The molecule has 21 heavy (non-hydrogen) atoms. The van der Waals surface area contributed by atoms with Gasteiger partial charge in [0, 0.05) is 25.5 Å². The fourth-order valence-corrected chi connectivity index (χ4v) is 2.33. The molecule has 0 atom stereocenters. The summed E-state index contributed by atoms with van der Waals surface area (Å²) >= 11 is 1.31. The smallest absolute Gasteiger partial charge is 0.230 e. The van der Waals surface area contributed by atoms with Crippen LogP contribution in [0.4, 0.5) is 16.3 Å². The molecular weight excluding hydrogens is 289 g/mol. The number of hydrogen-bond donors (Lipinski definition) is 1. The summed E-state index contributed by atoms with van der Waals surface area (Å²) in [5, 5.41) is 3.69. The van der Waals surface area contributed by atoms with Gasteiger partial charge in [-0.05, 0) is 36.4 Å². The zero-order valence-electron chi connectivity index (χ0n) is 12.3. The van der Waals surface area contributed by atoms with Gasteiger partial charge >= 0.3 is 0 Å². The second kappa shape index (κ2) is 7.21. The summed E-state index contributed by atoms with van der Waals surface area (Å²) in [6, 6.07) is 6.37. The van der Waals surface area contributed by atoms with Crippen LogP contribution in [-0.2, 0) is 0 Å². The third-order valence-electron chi connectivity index (χ3n) is 2.54. The zero-order chi connectivity index (χ0) is 15.2. The topological polar surface area (TPSA) is 53.9 Å². The molecule has 112 valence electrons. The highest BCUT2D eigenvalue weighted by atomic mass is 32.2. The lowest BCUT2D eigenvalue weighted by Gasteiger charge is -2.13. The fraction of sp³-hybridized carbons (Fsp3) is 0.357. The monoisotopic (exact) mass is 307 g/mol. The Morgan fingerprint density at radius 1 is 1.24 bits per heavy atom. The van der Waals surface area contributed by atoms with Crippen LogP contribution in [0.1, 0.15) is 13.3 Å². The van der Waals surface area contributed by atoms with Crippen LogP contribution < -0.4 is 10.2 Å². The standard InChI is InChI=1S/C14H18FN5S/c1-4-8-16-12-17-13(20(2)3)19-14(18-12)21-11-7-5-6-10(15)9-11/h5-7,9H,4,8H2,1-3H3,(H,16,17,18,19). The van der Waals surface area contributed by atoms with E-state index >= 15 is 0 Å². The Bertz CT molecular complexity index is 606. The van der Waals surface area contributed by atoms with Crippen molar-refractivity contribution < 1.29 is 4.39 Å². The lowest BCUT2D eigenvalue weighted by Crippen LogP contribution is -2.16. The van der Waals surface area contributed by atoms with Crippen LogP contribution in [-0.4, -0.2) is 35.6 Å². The van der Waals surface area contributed by atoms with Crippen molar-refractivity contribution in [3.8, 4) is 0 Å². The van der Waals surface area contributed by atoms with E-state index in [1.807, 2.05) is 25.1 Å². The van der Waals surface area contributed by atoms with Crippen molar-refractivity contribution in [1.82, 2.24) is 15.0 Å². The first-order valence-corrected chi connectivity index (χ1v) is 7.51. The Morgan fingerprint density at radius 2 is 2.05 bits per heavy atom. The van der Waals surface area contributed by atoms with Gasteiger partial charge in [0.2, 0.25) is 11.9 Å². The summed E-state index contributed by atoms with van der Waals surface area (Å²) in [6.45, 7) is 2.87. The SMILES string of the molecule is CCCNc1nc(Sc2cccc(F)c2)nc(N(C)C)n1. The molecule has 0 aliphatic carbocycles. The minimum Gasteiger partial charge on any atom is -0.354 e. The summed E-state index contributed by atoms with van der Waals surface area (Å²) in [4.78, 5) is 15.6. The van der Waals surface area contributed by atoms with Gasteiger partial charge in [-0.3, -0.25) is 0 Å². The summed E-state index contributed by atoms with van der Waals surface area (Å²) in [5.74, 6) is 0.836. The molecular formula is C14H18FN5S. The van der Waals surface area contributed by atoms with Gasteiger partial charge in [-0.1, -0.05) is 13.0 Å². The number of anilines is 2. The Hall–Kier alpha value is -1.89. The number of aromatic nitrogens is 3. The maximum Gasteiger partial charge on any atom is 0.230 e. The molecule has 0 radical (unpaired) electrons. The summed E-state index contributed by atoms with van der Waals surface area (Å²) in [6.07, 6.45) is 0.982. The van der Waals surface area contributed by atoms with Crippen LogP contribution in [0.2, 0.25) is 0 Å². The van der Waals surface area contributed by atoms with E-state index in [1.54, 1.807) is 6.07 Å². The van der Waals surface area contributed by atoms with Crippen LogP contribution in [0.25, 0.3) is 0 Å². The third-order valence-corrected chi connectivity index (χ3v) is 3.40. The van der Waals surface area contributed by atoms with Gasteiger partial charge in [0.15, 0.2) is 5.16 Å². The number of nitrogens with one attached hydrogen (secondary N) is 1. The van der Waals surface area contributed by atoms with Crippen molar-refractivity contribution in [3.63, 3.8) is 0 Å². The molecule has 0 saturated heterocycles. The largest absolute Gasteiger partial charge is 0.354 e. The maximum absolute atomic E-state index is 13.2. The van der Waals surface area contributed by atoms with Gasteiger partial charge in [-0.25, -0.2) is 4.39 Å². The van der Waals surface area contributed by atoms with Crippen molar-refractivity contribution in [3.05, 3.63) is 30.1 Å². The number of hydrogen-bond acceptors (Lipinski definition) is 6. The zero-order valence-corrected chi connectivity index (χ0v) is 13.1. The van der Waals surface area contributed by atoms with Crippen LogP contribution in [0.3, 0.4) is 0 Å². The second-order valence-corrected chi connectivity index (χ2v) is 5.66. The second-order valence-electron chi connectivity index (χ2n) is 4.62. The highest BCUT2D eigenvalue weighted by molar-refractivity contribution is 7.99. The molecule has 1 aromatic heterocycles. The molecule has 0 fully saturated rings. The van der Waals surface area contributed by atoms with E-state index in [1.165, 1.54) is 23.9 Å². The molecule has 1 heterocycles. The Balaban J connectivity index is 2.26. The molecule has 1 aromatic carbocycles. The minimum absolute atomic E-state index is 0.272. The minimum atomic E-state index is -0.272. The van der Waals surface area contributed by atoms with Crippen LogP contribution in [0.5, 0.6) is 0 Å². The highest BCUT2D eigenvalue weighted by Gasteiger charge is 2.09. The van der Waals surface area contributed by atoms with E-state index < -0.39 is 0 Å². The average Bonchev–Trinajstić information content (AvgIpc) is 2.45. The molecule has 1 N–H and O–H groups in total. The van der Waals surface area contributed by atoms with Crippen molar-refractivity contribution in [2.45, 2.75) is 23.4 Å². The first-order valence-electron chi connectivity index (χ1n) is 6.69. The summed E-state index contributed by atoms with van der Waals surface area (Å²) in [7, 11) is 3.74. The molecule has 2 aromatic rings. The highest BCUT2D eigenvalue weighted by Crippen LogP contribution is 2.26. The molecule has 5 nitrogen and oxygen atoms in total. The predicted octanol–water partition coefficient (Wildman–Crippen LogP) is 3.05. The third kappa shape index (κ3) is 4.56. The molecule has 7 heteroatoms. The van der Waals surface area contributed by atoms with E-state index in [2.05, 4.69) is 27.2 Å². The first kappa shape index (κ1) is 15.5. The first-order chi connectivity index (χ1) is 10.1. The van der Waals surface area contributed by atoms with Crippen LogP contribution in [0, 0.1) is 5.82 Å². The van der Waals surface area contributed by atoms with E-state index in [-0.39, 0.29) is 5.82 Å². The number of rotatable bonds is 6. The lowest BCUT2D eigenvalue weighted by molar-refractivity contribution is 0.624. The van der Waals surface area contributed by atoms with Crippen molar-refractivity contribution in [2.75, 3.05) is 30.9 Å². The Labute approximate surface area is 128 Å². The van der Waals surface area contributed by atoms with E-state index in [0.29, 0.717) is 17.1 Å². The van der Waals surface area contributed by atoms with Crippen molar-refractivity contribution in [2.24, 2.45) is 0 Å². The molecule has 0 aliphatic heterocycles. The molecule has 0 bridgehead atoms. The molecule has 0 unspecified atom stereocenters. The quantitative estimate of drug-likeness (QED) is 0.885. The summed E-state index contributed by atoms with van der Waals surface area (Å²) < 4.78 is 13.2. The van der Waals surface area contributed by atoms with Crippen LogP contribution in [0.15, 0.2) is 34.3 Å². The molecule has 2 rings (SSSR count). The number of benzene rings is 1. The van der Waals surface area contributed by atoms with Gasteiger partial charge in [0.25, 0.3) is 0 Å². The fourth-order valence-electron chi connectivity index (χ4n) is 1.54. The van der Waals surface area contributed by atoms with Crippen molar-refractivity contribution in [1.29, 1.82) is 0 Å². The summed E-state index contributed by atoms with van der Waals surface area (Å²) in [5.41, 5.74) is 0. The molecule has 0 amide bonds. The molecule has 0 spiro atoms. The lowest BCUT2D eigenvalue weighted by atomic mass is 10.4. The van der Waals surface area contributed by atoms with Gasteiger partial charge in [0.05, 0.1) is 0 Å². The maximum atomic E-state index is 13.2. The average molecular weight is 307 g/mol. The van der Waals surface area contributed by atoms with Gasteiger partial charge in [0.1, 0.15) is 5.82 Å². The van der Waals surface area contributed by atoms with Gasteiger partial charge in [-0.15, -0.1) is 0 Å². The Kier molecular flexibility index (Phi) is 5.32. The van der Waals surface area contributed by atoms with Crippen molar-refractivity contribution >= 4 is 23.7 Å². The van der Waals surface area contributed by atoms with Gasteiger partial charge in [-0.2, -0.15) is 15.0 Å². The van der Waals surface area contributed by atoms with E-state index in [0.717, 1.165) is 17.9 Å². The normalized spacial score (nSPS) is 10.5. The van der Waals surface area contributed by atoms with E-state index in [9.17, 15) is 4.39 Å².